The van der Waals surface area contributed by atoms with Crippen molar-refractivity contribution in [2.75, 3.05) is 5.32 Å². The fourth-order valence-corrected chi connectivity index (χ4v) is 3.71. The van der Waals surface area contributed by atoms with Gasteiger partial charge in [-0.1, -0.05) is 11.8 Å². The molecule has 0 fully saturated rings. The number of aromatic nitrogens is 3. The highest BCUT2D eigenvalue weighted by Crippen LogP contribution is 2.27. The largest absolute Gasteiger partial charge is 0.467 e. The maximum absolute atomic E-state index is 12.0. The van der Waals surface area contributed by atoms with Gasteiger partial charge in [-0.2, -0.15) is 0 Å². The van der Waals surface area contributed by atoms with Gasteiger partial charge in [-0.25, -0.2) is 4.79 Å². The SMILES string of the molecule is CC(=O)Nc1ccc2c(CSc3nncn3Cc3ccco3)cc(=O)oc2c1. The number of amides is 1. The average molecular weight is 396 g/mol. The molecule has 4 aromatic rings. The summed E-state index contributed by atoms with van der Waals surface area (Å²) in [4.78, 5) is 23.2. The van der Waals surface area contributed by atoms with Crippen LogP contribution in [-0.4, -0.2) is 20.7 Å². The van der Waals surface area contributed by atoms with E-state index in [0.717, 1.165) is 16.7 Å². The summed E-state index contributed by atoms with van der Waals surface area (Å²) in [5.74, 6) is 1.13. The monoisotopic (exact) mass is 396 g/mol. The van der Waals surface area contributed by atoms with Crippen molar-refractivity contribution in [3.8, 4) is 0 Å². The number of thioether (sulfide) groups is 1. The van der Waals surface area contributed by atoms with Gasteiger partial charge in [-0.05, 0) is 29.8 Å². The van der Waals surface area contributed by atoms with Crippen LogP contribution in [0.15, 0.2) is 67.8 Å². The molecule has 1 N–H and O–H groups in total. The molecule has 3 heterocycles. The second-order valence-corrected chi connectivity index (χ2v) is 7.03. The minimum absolute atomic E-state index is 0.190. The third kappa shape index (κ3) is 3.99. The Balaban J connectivity index is 1.58. The molecule has 0 aliphatic heterocycles. The minimum Gasteiger partial charge on any atom is -0.467 e. The van der Waals surface area contributed by atoms with E-state index in [0.29, 0.717) is 28.7 Å². The molecule has 0 saturated heterocycles. The molecule has 142 valence electrons. The summed E-state index contributed by atoms with van der Waals surface area (Å²) in [5, 5.41) is 12.3. The van der Waals surface area contributed by atoms with E-state index >= 15 is 0 Å². The Hall–Kier alpha value is -3.33. The highest BCUT2D eigenvalue weighted by molar-refractivity contribution is 7.98. The molecule has 1 amide bonds. The molecule has 0 aliphatic carbocycles. The van der Waals surface area contributed by atoms with Crippen LogP contribution in [0.4, 0.5) is 5.69 Å². The standard InChI is InChI=1S/C19H16N4O4S/c1-12(24)21-14-4-5-16-13(7-18(25)27-17(16)8-14)10-28-19-22-20-11-23(19)9-15-3-2-6-26-15/h2-8,11H,9-10H2,1H3,(H,21,24). The van der Waals surface area contributed by atoms with E-state index in [9.17, 15) is 9.59 Å². The molecule has 0 radical (unpaired) electrons. The summed E-state index contributed by atoms with van der Waals surface area (Å²) in [6.07, 6.45) is 3.26. The number of carbonyl (C=O) groups excluding carboxylic acids is 1. The molecule has 0 saturated carbocycles. The Labute approximate surface area is 163 Å². The topological polar surface area (TPSA) is 103 Å². The number of benzene rings is 1. The van der Waals surface area contributed by atoms with Gasteiger partial charge in [0.2, 0.25) is 5.91 Å². The zero-order valence-corrected chi connectivity index (χ0v) is 15.7. The summed E-state index contributed by atoms with van der Waals surface area (Å²) in [6, 6.07) is 10.4. The molecular formula is C19H16N4O4S. The summed E-state index contributed by atoms with van der Waals surface area (Å²) < 4.78 is 12.5. The highest BCUT2D eigenvalue weighted by atomic mass is 32.2. The lowest BCUT2D eigenvalue weighted by Crippen LogP contribution is -2.06. The van der Waals surface area contributed by atoms with Gasteiger partial charge in [0.05, 0.1) is 12.8 Å². The lowest BCUT2D eigenvalue weighted by atomic mass is 10.1. The Bertz CT molecular complexity index is 1180. The number of nitrogens with zero attached hydrogens (tertiary/aromatic N) is 3. The van der Waals surface area contributed by atoms with Crippen molar-refractivity contribution in [1.82, 2.24) is 14.8 Å². The van der Waals surface area contributed by atoms with E-state index in [4.69, 9.17) is 8.83 Å². The van der Waals surface area contributed by atoms with Crippen molar-refractivity contribution in [3.05, 3.63) is 70.7 Å². The molecule has 0 unspecified atom stereocenters. The number of carbonyl (C=O) groups is 1. The van der Waals surface area contributed by atoms with Crippen molar-refractivity contribution in [3.63, 3.8) is 0 Å². The Kier molecular flexibility index (Phi) is 4.98. The van der Waals surface area contributed by atoms with E-state index in [1.165, 1.54) is 24.8 Å². The molecule has 28 heavy (non-hydrogen) atoms. The van der Waals surface area contributed by atoms with Gasteiger partial charge in [-0.3, -0.25) is 4.79 Å². The molecule has 0 aliphatic rings. The quantitative estimate of drug-likeness (QED) is 0.394. The van der Waals surface area contributed by atoms with Crippen LogP contribution in [0.1, 0.15) is 18.2 Å². The minimum atomic E-state index is -0.444. The van der Waals surface area contributed by atoms with Crippen LogP contribution in [0.5, 0.6) is 0 Å². The number of nitrogens with one attached hydrogen (secondary N) is 1. The van der Waals surface area contributed by atoms with E-state index in [1.807, 2.05) is 22.8 Å². The van der Waals surface area contributed by atoms with E-state index in [1.54, 1.807) is 24.7 Å². The molecular weight excluding hydrogens is 380 g/mol. The fourth-order valence-electron chi connectivity index (χ4n) is 2.81. The molecule has 3 aromatic heterocycles. The number of hydrogen-bond donors (Lipinski definition) is 1. The first kappa shape index (κ1) is 18.1. The number of rotatable bonds is 6. The van der Waals surface area contributed by atoms with Gasteiger partial charge in [0.1, 0.15) is 17.7 Å². The van der Waals surface area contributed by atoms with E-state index in [-0.39, 0.29) is 5.91 Å². The van der Waals surface area contributed by atoms with Crippen LogP contribution in [0.25, 0.3) is 11.0 Å². The van der Waals surface area contributed by atoms with Crippen molar-refractivity contribution >= 4 is 34.3 Å². The summed E-state index contributed by atoms with van der Waals surface area (Å²) in [5.41, 5.74) is 1.37. The molecule has 0 atom stereocenters. The second kappa shape index (κ2) is 7.73. The lowest BCUT2D eigenvalue weighted by molar-refractivity contribution is -0.114. The smallest absolute Gasteiger partial charge is 0.336 e. The van der Waals surface area contributed by atoms with Gasteiger partial charge >= 0.3 is 5.63 Å². The zero-order chi connectivity index (χ0) is 19.5. The third-order valence-corrected chi connectivity index (χ3v) is 5.02. The predicted octanol–water partition coefficient (Wildman–Crippen LogP) is 3.28. The van der Waals surface area contributed by atoms with Crippen LogP contribution in [0.2, 0.25) is 0 Å². The normalized spacial score (nSPS) is 11.0. The molecule has 9 heteroatoms. The van der Waals surface area contributed by atoms with Crippen LogP contribution in [0.3, 0.4) is 0 Å². The van der Waals surface area contributed by atoms with Crippen LogP contribution in [0, 0.1) is 0 Å². The molecule has 0 bridgehead atoms. The summed E-state index contributed by atoms with van der Waals surface area (Å²) in [6.45, 7) is 1.95. The van der Waals surface area contributed by atoms with E-state index in [2.05, 4.69) is 15.5 Å². The lowest BCUT2D eigenvalue weighted by Gasteiger charge is -2.08. The number of fused-ring (bicyclic) bond motifs is 1. The van der Waals surface area contributed by atoms with Gasteiger partial charge in [-0.15, -0.1) is 10.2 Å². The Morgan fingerprint density at radius 2 is 2.18 bits per heavy atom. The first-order chi connectivity index (χ1) is 13.6. The van der Waals surface area contributed by atoms with Crippen LogP contribution in [-0.2, 0) is 17.1 Å². The Morgan fingerprint density at radius 1 is 1.29 bits per heavy atom. The fraction of sp³-hybridized carbons (Fsp3) is 0.158. The number of hydrogen-bond acceptors (Lipinski definition) is 7. The van der Waals surface area contributed by atoms with Crippen LogP contribution >= 0.6 is 11.8 Å². The van der Waals surface area contributed by atoms with Gasteiger partial charge in [0.15, 0.2) is 5.16 Å². The van der Waals surface area contributed by atoms with Gasteiger partial charge < -0.3 is 18.7 Å². The first-order valence-electron chi connectivity index (χ1n) is 8.46. The third-order valence-electron chi connectivity index (χ3n) is 3.99. The first-order valence-corrected chi connectivity index (χ1v) is 9.44. The van der Waals surface area contributed by atoms with Crippen molar-refractivity contribution in [2.24, 2.45) is 0 Å². The van der Waals surface area contributed by atoms with E-state index < -0.39 is 5.63 Å². The predicted molar refractivity (Wildman–Crippen MR) is 104 cm³/mol. The highest BCUT2D eigenvalue weighted by Gasteiger charge is 2.11. The number of furan rings is 1. The molecule has 4 rings (SSSR count). The van der Waals surface area contributed by atoms with Crippen LogP contribution < -0.4 is 10.9 Å². The van der Waals surface area contributed by atoms with Gasteiger partial charge in [0.25, 0.3) is 0 Å². The van der Waals surface area contributed by atoms with Crippen molar-refractivity contribution in [2.45, 2.75) is 24.4 Å². The average Bonchev–Trinajstić information content (AvgIpc) is 3.31. The Morgan fingerprint density at radius 3 is 2.96 bits per heavy atom. The molecule has 1 aromatic carbocycles. The summed E-state index contributed by atoms with van der Waals surface area (Å²) in [7, 11) is 0. The van der Waals surface area contributed by atoms with Crippen molar-refractivity contribution < 1.29 is 13.6 Å². The molecule has 8 nitrogen and oxygen atoms in total. The summed E-state index contributed by atoms with van der Waals surface area (Å²) >= 11 is 1.46. The maximum Gasteiger partial charge on any atom is 0.336 e. The second-order valence-electron chi connectivity index (χ2n) is 6.09. The molecule has 0 spiro atoms. The number of anilines is 1. The zero-order valence-electron chi connectivity index (χ0n) is 14.9. The van der Waals surface area contributed by atoms with Gasteiger partial charge in [0, 0.05) is 35.9 Å². The maximum atomic E-state index is 12.0. The van der Waals surface area contributed by atoms with Crippen molar-refractivity contribution in [1.29, 1.82) is 0 Å².